The Morgan fingerprint density at radius 3 is 2.80 bits per heavy atom. The number of anilines is 1. The number of aromatic nitrogens is 2. The van der Waals surface area contributed by atoms with Crippen molar-refractivity contribution in [2.24, 2.45) is 0 Å². The number of nitrogens with zero attached hydrogens (tertiary/aromatic N) is 2. The third-order valence-electron chi connectivity index (χ3n) is 2.35. The van der Waals surface area contributed by atoms with Gasteiger partial charge in [-0.3, -0.25) is 0 Å². The van der Waals surface area contributed by atoms with E-state index in [4.69, 9.17) is 0 Å². The van der Waals surface area contributed by atoms with E-state index in [1.54, 1.807) is 0 Å². The van der Waals surface area contributed by atoms with E-state index < -0.39 is 0 Å². The predicted octanol–water partition coefficient (Wildman–Crippen LogP) is 2.52. The minimum Gasteiger partial charge on any atom is -0.352 e. The Balaban J connectivity index is 1.99. The van der Waals surface area contributed by atoms with Gasteiger partial charge in [0.2, 0.25) is 5.95 Å². The van der Waals surface area contributed by atoms with Gasteiger partial charge >= 0.3 is 0 Å². The van der Waals surface area contributed by atoms with Gasteiger partial charge < -0.3 is 9.88 Å². The SMILES string of the molecule is CCn1ccnc1NCc1ccccc1. The molecule has 0 unspecified atom stereocenters. The van der Waals surface area contributed by atoms with Crippen molar-refractivity contribution in [2.75, 3.05) is 5.32 Å². The molecule has 0 atom stereocenters. The lowest BCUT2D eigenvalue weighted by Gasteiger charge is -2.07. The van der Waals surface area contributed by atoms with E-state index in [2.05, 4.69) is 33.9 Å². The smallest absolute Gasteiger partial charge is 0.203 e. The van der Waals surface area contributed by atoms with Crippen LogP contribution in [0.25, 0.3) is 0 Å². The number of rotatable bonds is 4. The molecule has 0 saturated carbocycles. The zero-order chi connectivity index (χ0) is 10.5. The first-order valence-electron chi connectivity index (χ1n) is 5.19. The molecular weight excluding hydrogens is 186 g/mol. The van der Waals surface area contributed by atoms with E-state index in [9.17, 15) is 0 Å². The Hall–Kier alpha value is -1.77. The Kier molecular flexibility index (Phi) is 3.02. The largest absolute Gasteiger partial charge is 0.352 e. The standard InChI is InChI=1S/C12H15N3/c1-2-15-9-8-13-12(15)14-10-11-6-4-3-5-7-11/h3-9H,2,10H2,1H3,(H,13,14). The number of nitrogens with one attached hydrogen (secondary N) is 1. The summed E-state index contributed by atoms with van der Waals surface area (Å²) in [7, 11) is 0. The molecule has 0 spiro atoms. The molecule has 0 aliphatic carbocycles. The van der Waals surface area contributed by atoms with Crippen LogP contribution < -0.4 is 5.32 Å². The van der Waals surface area contributed by atoms with Crippen LogP contribution in [0.1, 0.15) is 12.5 Å². The maximum absolute atomic E-state index is 4.25. The van der Waals surface area contributed by atoms with Crippen molar-refractivity contribution < 1.29 is 0 Å². The van der Waals surface area contributed by atoms with Crippen LogP contribution in [0.2, 0.25) is 0 Å². The predicted molar refractivity (Wildman–Crippen MR) is 61.7 cm³/mol. The van der Waals surface area contributed by atoms with Crippen molar-refractivity contribution in [2.45, 2.75) is 20.0 Å². The van der Waals surface area contributed by atoms with Gasteiger partial charge in [0.05, 0.1) is 0 Å². The van der Waals surface area contributed by atoms with Crippen LogP contribution in [-0.2, 0) is 13.1 Å². The molecule has 0 amide bonds. The second kappa shape index (κ2) is 4.64. The number of benzene rings is 1. The fourth-order valence-electron chi connectivity index (χ4n) is 1.51. The number of imidazole rings is 1. The van der Waals surface area contributed by atoms with Crippen LogP contribution >= 0.6 is 0 Å². The molecule has 2 rings (SSSR count). The van der Waals surface area contributed by atoms with Crippen molar-refractivity contribution in [3.63, 3.8) is 0 Å². The van der Waals surface area contributed by atoms with Gasteiger partial charge in [0, 0.05) is 25.5 Å². The maximum atomic E-state index is 4.25. The molecule has 0 saturated heterocycles. The van der Waals surface area contributed by atoms with Crippen LogP contribution in [0.15, 0.2) is 42.7 Å². The molecule has 1 aromatic carbocycles. The second-order valence-corrected chi connectivity index (χ2v) is 3.38. The molecule has 0 radical (unpaired) electrons. The highest BCUT2D eigenvalue weighted by molar-refractivity contribution is 5.28. The van der Waals surface area contributed by atoms with E-state index in [0.717, 1.165) is 19.0 Å². The highest BCUT2D eigenvalue weighted by Gasteiger charge is 1.99. The van der Waals surface area contributed by atoms with Crippen LogP contribution in [-0.4, -0.2) is 9.55 Å². The Labute approximate surface area is 89.8 Å². The van der Waals surface area contributed by atoms with Crippen molar-refractivity contribution in [1.29, 1.82) is 0 Å². The number of hydrogen-bond donors (Lipinski definition) is 1. The van der Waals surface area contributed by atoms with Crippen molar-refractivity contribution in [1.82, 2.24) is 9.55 Å². The molecule has 0 fully saturated rings. The summed E-state index contributed by atoms with van der Waals surface area (Å²) in [5.41, 5.74) is 1.27. The molecule has 78 valence electrons. The summed E-state index contributed by atoms with van der Waals surface area (Å²) in [6.45, 7) is 3.87. The van der Waals surface area contributed by atoms with Gasteiger partial charge in [-0.25, -0.2) is 4.98 Å². The third kappa shape index (κ3) is 2.37. The number of hydrogen-bond acceptors (Lipinski definition) is 2. The molecular formula is C12H15N3. The van der Waals surface area contributed by atoms with Gasteiger partial charge in [-0.15, -0.1) is 0 Å². The summed E-state index contributed by atoms with van der Waals surface area (Å²) in [6.07, 6.45) is 3.80. The zero-order valence-corrected chi connectivity index (χ0v) is 8.85. The Morgan fingerprint density at radius 1 is 1.27 bits per heavy atom. The monoisotopic (exact) mass is 201 g/mol. The summed E-state index contributed by atoms with van der Waals surface area (Å²) in [5.74, 6) is 0.932. The normalized spacial score (nSPS) is 10.2. The highest BCUT2D eigenvalue weighted by Crippen LogP contribution is 2.06. The zero-order valence-electron chi connectivity index (χ0n) is 8.85. The van der Waals surface area contributed by atoms with Crippen LogP contribution in [0.4, 0.5) is 5.95 Å². The summed E-state index contributed by atoms with van der Waals surface area (Å²) in [6, 6.07) is 10.3. The van der Waals surface area contributed by atoms with E-state index in [1.807, 2.05) is 30.6 Å². The average Bonchev–Trinajstić information content (AvgIpc) is 2.75. The molecule has 2 aromatic rings. The summed E-state index contributed by atoms with van der Waals surface area (Å²) < 4.78 is 2.09. The molecule has 1 heterocycles. The summed E-state index contributed by atoms with van der Waals surface area (Å²) >= 11 is 0. The third-order valence-corrected chi connectivity index (χ3v) is 2.35. The second-order valence-electron chi connectivity index (χ2n) is 3.38. The quantitative estimate of drug-likeness (QED) is 0.823. The lowest BCUT2D eigenvalue weighted by Crippen LogP contribution is -2.06. The van der Waals surface area contributed by atoms with E-state index in [1.165, 1.54) is 5.56 Å². The first-order chi connectivity index (χ1) is 7.40. The van der Waals surface area contributed by atoms with Crippen molar-refractivity contribution >= 4 is 5.95 Å². The number of aryl methyl sites for hydroxylation is 1. The molecule has 0 aliphatic rings. The van der Waals surface area contributed by atoms with Crippen molar-refractivity contribution in [3.8, 4) is 0 Å². The fraction of sp³-hybridized carbons (Fsp3) is 0.250. The average molecular weight is 201 g/mol. The van der Waals surface area contributed by atoms with Crippen LogP contribution in [0, 0.1) is 0 Å². The molecule has 3 nitrogen and oxygen atoms in total. The topological polar surface area (TPSA) is 29.9 Å². The maximum Gasteiger partial charge on any atom is 0.203 e. The van der Waals surface area contributed by atoms with Crippen LogP contribution in [0.3, 0.4) is 0 Å². The molecule has 1 N–H and O–H groups in total. The Bertz CT molecular complexity index is 406. The van der Waals surface area contributed by atoms with Crippen molar-refractivity contribution in [3.05, 3.63) is 48.3 Å². The molecule has 0 aliphatic heterocycles. The van der Waals surface area contributed by atoms with Gasteiger partial charge in [0.25, 0.3) is 0 Å². The van der Waals surface area contributed by atoms with E-state index >= 15 is 0 Å². The van der Waals surface area contributed by atoms with E-state index in [-0.39, 0.29) is 0 Å². The lowest BCUT2D eigenvalue weighted by molar-refractivity contribution is 0.763. The molecule has 1 aromatic heterocycles. The van der Waals surface area contributed by atoms with Crippen LogP contribution in [0.5, 0.6) is 0 Å². The molecule has 15 heavy (non-hydrogen) atoms. The summed E-state index contributed by atoms with van der Waals surface area (Å²) in [4.78, 5) is 4.25. The summed E-state index contributed by atoms with van der Waals surface area (Å²) in [5, 5.41) is 3.31. The lowest BCUT2D eigenvalue weighted by atomic mass is 10.2. The van der Waals surface area contributed by atoms with Gasteiger partial charge in [-0.05, 0) is 12.5 Å². The van der Waals surface area contributed by atoms with Gasteiger partial charge in [-0.2, -0.15) is 0 Å². The van der Waals surface area contributed by atoms with Gasteiger partial charge in [0.15, 0.2) is 0 Å². The fourth-order valence-corrected chi connectivity index (χ4v) is 1.51. The first kappa shape index (κ1) is 9.77. The Morgan fingerprint density at radius 2 is 2.07 bits per heavy atom. The molecule has 3 heteroatoms. The van der Waals surface area contributed by atoms with E-state index in [0.29, 0.717) is 0 Å². The minimum absolute atomic E-state index is 0.817. The van der Waals surface area contributed by atoms with Gasteiger partial charge in [0.1, 0.15) is 0 Å². The molecule has 0 bridgehead atoms. The highest BCUT2D eigenvalue weighted by atomic mass is 15.2. The minimum atomic E-state index is 0.817. The van der Waals surface area contributed by atoms with Gasteiger partial charge in [-0.1, -0.05) is 30.3 Å². The first-order valence-corrected chi connectivity index (χ1v) is 5.19.